The molecule has 0 heterocycles. The first-order chi connectivity index (χ1) is 14.4. The Morgan fingerprint density at radius 2 is 1.67 bits per heavy atom. The van der Waals surface area contributed by atoms with E-state index in [2.05, 4.69) is 43.3 Å². The minimum absolute atomic E-state index is 0.532. The summed E-state index contributed by atoms with van der Waals surface area (Å²) in [5, 5.41) is 5.03. The Morgan fingerprint density at radius 1 is 0.900 bits per heavy atom. The number of allylic oxidation sites excluding steroid dienone is 2. The van der Waals surface area contributed by atoms with Crippen molar-refractivity contribution in [2.45, 2.75) is 38.8 Å². The summed E-state index contributed by atoms with van der Waals surface area (Å²) in [5.41, 5.74) is 4.24. The van der Waals surface area contributed by atoms with Crippen LogP contribution < -0.4 is 10.4 Å². The summed E-state index contributed by atoms with van der Waals surface area (Å²) < 4.78 is 38.5. The standard InChI is InChI=1S/C27H23F3/c1-2-17-3-11-23-20(15-17)7-13-26-24-12-6-19(16-21(24)8-14-25(23)26)18-4-9-22(10-5-18)27(28,29)30/h4-6,8-10,12-16,20H,2-3,7,11H2,1H3/t20-/m1/s1. The van der Waals surface area contributed by atoms with Crippen molar-refractivity contribution in [3.8, 4) is 11.1 Å². The Labute approximate surface area is 174 Å². The predicted octanol–water partition coefficient (Wildman–Crippen LogP) is 6.61. The van der Waals surface area contributed by atoms with E-state index >= 15 is 0 Å². The maximum absolute atomic E-state index is 12.8. The molecule has 2 aliphatic rings. The quantitative estimate of drug-likeness (QED) is 0.422. The van der Waals surface area contributed by atoms with E-state index in [-0.39, 0.29) is 0 Å². The lowest BCUT2D eigenvalue weighted by Gasteiger charge is -2.26. The van der Waals surface area contributed by atoms with Crippen LogP contribution >= 0.6 is 0 Å². The van der Waals surface area contributed by atoms with Gasteiger partial charge in [-0.15, -0.1) is 0 Å². The number of alkyl halides is 3. The van der Waals surface area contributed by atoms with Gasteiger partial charge < -0.3 is 0 Å². The van der Waals surface area contributed by atoms with Crippen LogP contribution in [0.2, 0.25) is 0 Å². The van der Waals surface area contributed by atoms with Crippen molar-refractivity contribution < 1.29 is 13.2 Å². The van der Waals surface area contributed by atoms with Gasteiger partial charge in [-0.05, 0) is 76.2 Å². The van der Waals surface area contributed by atoms with Crippen LogP contribution in [0.5, 0.6) is 0 Å². The largest absolute Gasteiger partial charge is 0.416 e. The lowest BCUT2D eigenvalue weighted by atomic mass is 9.78. The second-order valence-electron chi connectivity index (χ2n) is 8.29. The van der Waals surface area contributed by atoms with E-state index in [0.29, 0.717) is 5.92 Å². The van der Waals surface area contributed by atoms with Gasteiger partial charge in [-0.1, -0.05) is 66.6 Å². The summed E-state index contributed by atoms with van der Waals surface area (Å²) in [5.74, 6) is 0.532. The molecule has 0 N–H and O–H groups in total. The van der Waals surface area contributed by atoms with E-state index in [1.165, 1.54) is 15.8 Å². The van der Waals surface area contributed by atoms with Crippen LogP contribution in [0.25, 0.3) is 33.5 Å². The summed E-state index contributed by atoms with van der Waals surface area (Å²) in [4.78, 5) is 0. The molecular weight excluding hydrogens is 381 g/mol. The molecule has 0 saturated carbocycles. The zero-order valence-electron chi connectivity index (χ0n) is 16.9. The highest BCUT2D eigenvalue weighted by atomic mass is 19.4. The molecule has 0 fully saturated rings. The average Bonchev–Trinajstić information content (AvgIpc) is 2.77. The maximum atomic E-state index is 12.8. The van der Waals surface area contributed by atoms with E-state index in [0.717, 1.165) is 54.3 Å². The second kappa shape index (κ2) is 7.16. The molecule has 152 valence electrons. The molecule has 0 spiro atoms. The highest BCUT2D eigenvalue weighted by Gasteiger charge is 2.30. The number of hydrogen-bond acceptors (Lipinski definition) is 0. The molecule has 3 heteroatoms. The van der Waals surface area contributed by atoms with Crippen LogP contribution in [-0.2, 0) is 6.18 Å². The number of fused-ring (bicyclic) bond motifs is 4. The van der Waals surface area contributed by atoms with Gasteiger partial charge in [-0.25, -0.2) is 0 Å². The zero-order chi connectivity index (χ0) is 20.9. The smallest absolute Gasteiger partial charge is 0.166 e. The van der Waals surface area contributed by atoms with Gasteiger partial charge >= 0.3 is 6.18 Å². The van der Waals surface area contributed by atoms with Gasteiger partial charge in [0.15, 0.2) is 0 Å². The average molecular weight is 404 g/mol. The van der Waals surface area contributed by atoms with Crippen LogP contribution in [-0.4, -0.2) is 0 Å². The Hall–Kier alpha value is -2.81. The molecule has 3 aromatic rings. The van der Waals surface area contributed by atoms with Crippen molar-refractivity contribution in [2.24, 2.45) is 5.92 Å². The third-order valence-electron chi connectivity index (χ3n) is 6.58. The van der Waals surface area contributed by atoms with Gasteiger partial charge in [0.2, 0.25) is 0 Å². The summed E-state index contributed by atoms with van der Waals surface area (Å²) in [6.45, 7) is 2.24. The van der Waals surface area contributed by atoms with Gasteiger partial charge in [0.25, 0.3) is 0 Å². The van der Waals surface area contributed by atoms with E-state index in [1.54, 1.807) is 23.3 Å². The fourth-order valence-electron chi connectivity index (χ4n) is 4.92. The van der Waals surface area contributed by atoms with Gasteiger partial charge in [-0.3, -0.25) is 0 Å². The van der Waals surface area contributed by atoms with Crippen LogP contribution in [0.1, 0.15) is 38.2 Å². The first-order valence-electron chi connectivity index (χ1n) is 10.6. The van der Waals surface area contributed by atoms with Crippen molar-refractivity contribution in [2.75, 3.05) is 0 Å². The monoisotopic (exact) mass is 404 g/mol. The first kappa shape index (κ1) is 19.2. The van der Waals surface area contributed by atoms with Gasteiger partial charge in [0, 0.05) is 5.92 Å². The number of halogens is 3. The van der Waals surface area contributed by atoms with E-state index in [9.17, 15) is 13.2 Å². The van der Waals surface area contributed by atoms with Crippen LogP contribution in [0.4, 0.5) is 13.2 Å². The fourth-order valence-corrected chi connectivity index (χ4v) is 4.92. The molecule has 0 aromatic heterocycles. The predicted molar refractivity (Wildman–Crippen MR) is 117 cm³/mol. The van der Waals surface area contributed by atoms with Crippen molar-refractivity contribution in [1.29, 1.82) is 0 Å². The first-order valence-corrected chi connectivity index (χ1v) is 10.6. The molecule has 2 aliphatic carbocycles. The maximum Gasteiger partial charge on any atom is 0.416 e. The molecular formula is C27H23F3. The lowest BCUT2D eigenvalue weighted by molar-refractivity contribution is -0.137. The molecule has 0 unspecified atom stereocenters. The summed E-state index contributed by atoms with van der Waals surface area (Å²) in [6, 6.07) is 16.0. The normalized spacial score (nSPS) is 18.5. The Bertz CT molecular complexity index is 1270. The highest BCUT2D eigenvalue weighted by molar-refractivity contribution is 5.89. The fraction of sp³-hybridized carbons (Fsp3) is 0.259. The molecule has 1 atom stereocenters. The Kier molecular flexibility index (Phi) is 4.57. The van der Waals surface area contributed by atoms with Crippen molar-refractivity contribution >= 4 is 22.4 Å². The topological polar surface area (TPSA) is 0 Å². The van der Waals surface area contributed by atoms with Gasteiger partial charge in [0.05, 0.1) is 5.56 Å². The molecule has 30 heavy (non-hydrogen) atoms. The van der Waals surface area contributed by atoms with E-state index in [1.807, 2.05) is 6.07 Å². The van der Waals surface area contributed by atoms with Crippen LogP contribution in [0.3, 0.4) is 0 Å². The van der Waals surface area contributed by atoms with E-state index < -0.39 is 11.7 Å². The van der Waals surface area contributed by atoms with Gasteiger partial charge in [-0.2, -0.15) is 13.2 Å². The lowest BCUT2D eigenvalue weighted by Crippen LogP contribution is -2.34. The minimum atomic E-state index is -4.31. The molecule has 0 aliphatic heterocycles. The number of hydrogen-bond donors (Lipinski definition) is 0. The van der Waals surface area contributed by atoms with E-state index in [4.69, 9.17) is 0 Å². The Balaban J connectivity index is 1.58. The molecule has 0 amide bonds. The van der Waals surface area contributed by atoms with Crippen LogP contribution in [0, 0.1) is 5.92 Å². The molecule has 0 saturated heterocycles. The molecule has 0 bridgehead atoms. The third-order valence-corrected chi connectivity index (χ3v) is 6.58. The van der Waals surface area contributed by atoms with Crippen LogP contribution in [0.15, 0.2) is 66.2 Å². The van der Waals surface area contributed by atoms with Crippen molar-refractivity contribution in [3.63, 3.8) is 0 Å². The second-order valence-corrected chi connectivity index (χ2v) is 8.29. The third kappa shape index (κ3) is 3.27. The summed E-state index contributed by atoms with van der Waals surface area (Å²) in [6.07, 6.45) is 5.01. The number of benzene rings is 3. The minimum Gasteiger partial charge on any atom is -0.166 e. The zero-order valence-corrected chi connectivity index (χ0v) is 16.9. The molecule has 0 radical (unpaired) electrons. The number of rotatable bonds is 2. The summed E-state index contributed by atoms with van der Waals surface area (Å²) >= 11 is 0. The molecule has 5 rings (SSSR count). The van der Waals surface area contributed by atoms with Crippen molar-refractivity contribution in [3.05, 3.63) is 82.2 Å². The van der Waals surface area contributed by atoms with Gasteiger partial charge in [0.1, 0.15) is 0 Å². The Morgan fingerprint density at radius 3 is 2.40 bits per heavy atom. The SMILES string of the molecule is CCC1=C[C@H]2CC=c3c(ccc4cc(-c5ccc(C(F)(F)F)cc5)ccc34)=C2CC1. The highest BCUT2D eigenvalue weighted by Crippen LogP contribution is 2.34. The molecule has 0 nitrogen and oxygen atoms in total. The molecule has 3 aromatic carbocycles. The van der Waals surface area contributed by atoms with Crippen molar-refractivity contribution in [1.82, 2.24) is 0 Å². The summed E-state index contributed by atoms with van der Waals surface area (Å²) in [7, 11) is 0.